The average molecular weight is 289 g/mol. The summed E-state index contributed by atoms with van der Waals surface area (Å²) in [6.45, 7) is 1.72. The standard InChI is InChI=1S/C14H15N3O2S/c18-14(7-11-1-6-20-10-11)17-4-5-19-13(9-17)12-8-15-2-3-16-12/h1-3,6,8,10,13H,4-5,7,9H2/t13-/m0/s1. The third kappa shape index (κ3) is 3.02. The largest absolute Gasteiger partial charge is 0.368 e. The van der Waals surface area contributed by atoms with Crippen LogP contribution in [0, 0.1) is 0 Å². The first-order chi connectivity index (χ1) is 9.83. The van der Waals surface area contributed by atoms with Gasteiger partial charge in [-0.3, -0.25) is 14.8 Å². The van der Waals surface area contributed by atoms with Gasteiger partial charge < -0.3 is 9.64 Å². The van der Waals surface area contributed by atoms with Crippen LogP contribution in [-0.2, 0) is 16.0 Å². The summed E-state index contributed by atoms with van der Waals surface area (Å²) in [5, 5.41) is 4.00. The molecule has 0 bridgehead atoms. The monoisotopic (exact) mass is 289 g/mol. The van der Waals surface area contributed by atoms with E-state index in [0.29, 0.717) is 26.1 Å². The van der Waals surface area contributed by atoms with Gasteiger partial charge in [0.05, 0.1) is 31.5 Å². The number of ether oxygens (including phenoxy) is 1. The minimum Gasteiger partial charge on any atom is -0.368 e. The summed E-state index contributed by atoms with van der Waals surface area (Å²) in [6.07, 6.45) is 5.24. The van der Waals surface area contributed by atoms with E-state index in [0.717, 1.165) is 11.3 Å². The van der Waals surface area contributed by atoms with Gasteiger partial charge in [0.2, 0.25) is 5.91 Å². The average Bonchev–Trinajstić information content (AvgIpc) is 3.01. The van der Waals surface area contributed by atoms with Crippen LogP contribution in [0.3, 0.4) is 0 Å². The van der Waals surface area contributed by atoms with E-state index >= 15 is 0 Å². The molecule has 0 aliphatic carbocycles. The zero-order valence-electron chi connectivity index (χ0n) is 10.9. The predicted molar refractivity (Wildman–Crippen MR) is 75.3 cm³/mol. The van der Waals surface area contributed by atoms with Crippen molar-refractivity contribution in [1.29, 1.82) is 0 Å². The molecule has 3 heterocycles. The van der Waals surface area contributed by atoms with Crippen molar-refractivity contribution in [3.8, 4) is 0 Å². The lowest BCUT2D eigenvalue weighted by Crippen LogP contribution is -2.43. The number of amides is 1. The van der Waals surface area contributed by atoms with Crippen molar-refractivity contribution in [3.63, 3.8) is 0 Å². The molecule has 1 aliphatic rings. The highest BCUT2D eigenvalue weighted by molar-refractivity contribution is 7.07. The van der Waals surface area contributed by atoms with Crippen molar-refractivity contribution in [3.05, 3.63) is 46.7 Å². The maximum atomic E-state index is 12.3. The first-order valence-electron chi connectivity index (χ1n) is 6.49. The van der Waals surface area contributed by atoms with E-state index in [9.17, 15) is 4.79 Å². The first kappa shape index (κ1) is 13.2. The zero-order chi connectivity index (χ0) is 13.8. The third-order valence-corrected chi connectivity index (χ3v) is 4.00. The van der Waals surface area contributed by atoms with Crippen molar-refractivity contribution < 1.29 is 9.53 Å². The van der Waals surface area contributed by atoms with Crippen LogP contribution in [-0.4, -0.2) is 40.5 Å². The van der Waals surface area contributed by atoms with Gasteiger partial charge in [-0.2, -0.15) is 11.3 Å². The van der Waals surface area contributed by atoms with Gasteiger partial charge in [-0.25, -0.2) is 0 Å². The fourth-order valence-electron chi connectivity index (χ4n) is 2.21. The lowest BCUT2D eigenvalue weighted by Gasteiger charge is -2.32. The van der Waals surface area contributed by atoms with Gasteiger partial charge in [-0.05, 0) is 22.4 Å². The molecule has 2 aromatic rings. The van der Waals surface area contributed by atoms with Crippen LogP contribution in [0.2, 0.25) is 0 Å². The molecule has 1 amide bonds. The Morgan fingerprint density at radius 2 is 2.45 bits per heavy atom. The number of hydrogen-bond donors (Lipinski definition) is 0. The van der Waals surface area contributed by atoms with Gasteiger partial charge >= 0.3 is 0 Å². The molecule has 0 aromatic carbocycles. The second kappa shape index (κ2) is 6.11. The fraction of sp³-hybridized carbons (Fsp3) is 0.357. The molecule has 0 spiro atoms. The Balaban J connectivity index is 1.64. The fourth-order valence-corrected chi connectivity index (χ4v) is 2.88. The van der Waals surface area contributed by atoms with Gasteiger partial charge in [0.25, 0.3) is 0 Å². The number of hydrogen-bond acceptors (Lipinski definition) is 5. The number of morpholine rings is 1. The van der Waals surface area contributed by atoms with Gasteiger partial charge in [0.1, 0.15) is 6.10 Å². The van der Waals surface area contributed by atoms with Crippen molar-refractivity contribution in [1.82, 2.24) is 14.9 Å². The van der Waals surface area contributed by atoms with Crippen LogP contribution >= 0.6 is 11.3 Å². The Morgan fingerprint density at radius 3 is 3.20 bits per heavy atom. The number of rotatable bonds is 3. The van der Waals surface area contributed by atoms with Crippen LogP contribution in [0.5, 0.6) is 0 Å². The second-order valence-electron chi connectivity index (χ2n) is 4.64. The Morgan fingerprint density at radius 1 is 1.50 bits per heavy atom. The van der Waals surface area contributed by atoms with Gasteiger partial charge in [-0.15, -0.1) is 0 Å². The van der Waals surface area contributed by atoms with E-state index in [1.807, 2.05) is 21.7 Å². The molecular formula is C14H15N3O2S. The van der Waals surface area contributed by atoms with E-state index in [4.69, 9.17) is 4.74 Å². The summed E-state index contributed by atoms with van der Waals surface area (Å²) in [7, 11) is 0. The first-order valence-corrected chi connectivity index (χ1v) is 7.43. The van der Waals surface area contributed by atoms with E-state index in [1.165, 1.54) is 0 Å². The molecule has 6 heteroatoms. The minimum atomic E-state index is -0.177. The SMILES string of the molecule is O=C(Cc1ccsc1)N1CCO[C@H](c2cnccn2)C1. The van der Waals surface area contributed by atoms with Crippen LogP contribution in [0.4, 0.5) is 0 Å². The molecule has 2 aromatic heterocycles. The minimum absolute atomic E-state index is 0.139. The summed E-state index contributed by atoms with van der Waals surface area (Å²) in [4.78, 5) is 22.4. The third-order valence-electron chi connectivity index (χ3n) is 3.27. The zero-order valence-corrected chi connectivity index (χ0v) is 11.8. The highest BCUT2D eigenvalue weighted by Gasteiger charge is 2.26. The smallest absolute Gasteiger partial charge is 0.227 e. The van der Waals surface area contributed by atoms with E-state index in [-0.39, 0.29) is 12.0 Å². The predicted octanol–water partition coefficient (Wildman–Crippen LogP) is 1.68. The van der Waals surface area contributed by atoms with Crippen LogP contribution < -0.4 is 0 Å². The molecule has 1 aliphatic heterocycles. The van der Waals surface area contributed by atoms with Crippen LogP contribution in [0.25, 0.3) is 0 Å². The van der Waals surface area contributed by atoms with Crippen molar-refractivity contribution in [2.24, 2.45) is 0 Å². The molecule has 3 rings (SSSR count). The molecule has 1 saturated heterocycles. The van der Waals surface area contributed by atoms with E-state index < -0.39 is 0 Å². The van der Waals surface area contributed by atoms with Gasteiger partial charge in [-0.1, -0.05) is 0 Å². The molecule has 1 atom stereocenters. The highest BCUT2D eigenvalue weighted by Crippen LogP contribution is 2.20. The van der Waals surface area contributed by atoms with Crippen molar-refractivity contribution >= 4 is 17.2 Å². The Hall–Kier alpha value is -1.79. The number of nitrogens with zero attached hydrogens (tertiary/aromatic N) is 3. The number of aromatic nitrogens is 2. The van der Waals surface area contributed by atoms with Gasteiger partial charge in [0, 0.05) is 18.9 Å². The van der Waals surface area contributed by atoms with Crippen LogP contribution in [0.1, 0.15) is 17.4 Å². The number of carbonyl (C=O) groups is 1. The second-order valence-corrected chi connectivity index (χ2v) is 5.42. The molecule has 0 N–H and O–H groups in total. The maximum Gasteiger partial charge on any atom is 0.227 e. The molecule has 20 heavy (non-hydrogen) atoms. The van der Waals surface area contributed by atoms with E-state index in [2.05, 4.69) is 9.97 Å². The molecule has 0 radical (unpaired) electrons. The van der Waals surface area contributed by atoms with Crippen molar-refractivity contribution in [2.75, 3.05) is 19.7 Å². The topological polar surface area (TPSA) is 55.3 Å². The normalized spacial score (nSPS) is 19.0. The lowest BCUT2D eigenvalue weighted by molar-refractivity contribution is -0.138. The Bertz CT molecular complexity index is 559. The molecule has 0 saturated carbocycles. The summed E-state index contributed by atoms with van der Waals surface area (Å²) in [6, 6.07) is 1.99. The molecule has 104 valence electrons. The number of carbonyl (C=O) groups excluding carboxylic acids is 1. The molecule has 1 fully saturated rings. The summed E-state index contributed by atoms with van der Waals surface area (Å²) < 4.78 is 5.69. The summed E-state index contributed by atoms with van der Waals surface area (Å²) >= 11 is 1.61. The van der Waals surface area contributed by atoms with E-state index in [1.54, 1.807) is 29.9 Å². The van der Waals surface area contributed by atoms with Crippen LogP contribution in [0.15, 0.2) is 35.4 Å². The van der Waals surface area contributed by atoms with Gasteiger partial charge in [0.15, 0.2) is 0 Å². The molecule has 5 nitrogen and oxygen atoms in total. The number of thiophene rings is 1. The lowest BCUT2D eigenvalue weighted by atomic mass is 10.1. The highest BCUT2D eigenvalue weighted by atomic mass is 32.1. The molecular weight excluding hydrogens is 274 g/mol. The Labute approximate surface area is 121 Å². The molecule has 0 unspecified atom stereocenters. The Kier molecular flexibility index (Phi) is 4.03. The maximum absolute atomic E-state index is 12.3. The quantitative estimate of drug-likeness (QED) is 0.862. The van der Waals surface area contributed by atoms with Crippen molar-refractivity contribution in [2.45, 2.75) is 12.5 Å². The summed E-state index contributed by atoms with van der Waals surface area (Å²) in [5.74, 6) is 0.139. The summed E-state index contributed by atoms with van der Waals surface area (Å²) in [5.41, 5.74) is 1.85.